The molecule has 8 heteroatoms. The van der Waals surface area contributed by atoms with Gasteiger partial charge in [-0.25, -0.2) is 4.98 Å². The van der Waals surface area contributed by atoms with Crippen LogP contribution in [-0.2, 0) is 11.2 Å². The van der Waals surface area contributed by atoms with Gasteiger partial charge in [0.25, 0.3) is 0 Å². The number of amides is 1. The molecule has 126 valence electrons. The van der Waals surface area contributed by atoms with Gasteiger partial charge in [0.15, 0.2) is 5.13 Å². The SMILES string of the molecule is CC(N)C(C)C(=O)Nc1ncc(Cc2cc(Cl)ccc2Cl)s1.Cl. The third-order valence-corrected chi connectivity index (χ3v) is 4.87. The molecule has 1 heterocycles. The maximum atomic E-state index is 12.0. The second kappa shape index (κ2) is 8.85. The van der Waals surface area contributed by atoms with E-state index in [1.807, 2.05) is 6.07 Å². The first-order valence-electron chi connectivity index (χ1n) is 6.82. The zero-order valence-corrected chi connectivity index (χ0v) is 15.8. The molecule has 0 aliphatic rings. The van der Waals surface area contributed by atoms with Gasteiger partial charge in [-0.3, -0.25) is 4.79 Å². The molecule has 2 aromatic rings. The van der Waals surface area contributed by atoms with Crippen molar-refractivity contribution in [1.82, 2.24) is 4.98 Å². The van der Waals surface area contributed by atoms with E-state index in [1.165, 1.54) is 11.3 Å². The predicted octanol–water partition coefficient (Wildman–Crippen LogP) is 4.38. The topological polar surface area (TPSA) is 68.0 Å². The largest absolute Gasteiger partial charge is 0.327 e. The van der Waals surface area contributed by atoms with Gasteiger partial charge >= 0.3 is 0 Å². The van der Waals surface area contributed by atoms with Crippen LogP contribution in [0, 0.1) is 5.92 Å². The molecule has 0 aliphatic carbocycles. The van der Waals surface area contributed by atoms with E-state index in [0.717, 1.165) is 10.4 Å². The molecule has 1 aromatic carbocycles. The monoisotopic (exact) mass is 393 g/mol. The van der Waals surface area contributed by atoms with E-state index in [2.05, 4.69) is 10.3 Å². The third-order valence-electron chi connectivity index (χ3n) is 3.36. The fraction of sp³-hybridized carbons (Fsp3) is 0.333. The van der Waals surface area contributed by atoms with Crippen LogP contribution in [0.25, 0.3) is 0 Å². The lowest BCUT2D eigenvalue weighted by Gasteiger charge is -2.13. The number of rotatable bonds is 5. The summed E-state index contributed by atoms with van der Waals surface area (Å²) in [6.07, 6.45) is 2.35. The summed E-state index contributed by atoms with van der Waals surface area (Å²) in [6, 6.07) is 5.15. The molecule has 0 aliphatic heterocycles. The molecule has 23 heavy (non-hydrogen) atoms. The van der Waals surface area contributed by atoms with Crippen molar-refractivity contribution in [3.05, 3.63) is 44.9 Å². The molecule has 4 nitrogen and oxygen atoms in total. The van der Waals surface area contributed by atoms with Gasteiger partial charge in [0.1, 0.15) is 0 Å². The Labute approximate surface area is 155 Å². The van der Waals surface area contributed by atoms with Gasteiger partial charge in [0.05, 0.1) is 5.92 Å². The normalized spacial score (nSPS) is 13.1. The number of benzene rings is 1. The van der Waals surface area contributed by atoms with E-state index in [9.17, 15) is 4.79 Å². The standard InChI is InChI=1S/C15H17Cl2N3OS.ClH/c1-8(9(2)18)14(21)20-15-19-7-12(22-15)6-10-5-11(16)3-4-13(10)17;/h3-5,7-9H,6,18H2,1-2H3,(H,19,20,21);1H. The molecular weight excluding hydrogens is 377 g/mol. The minimum absolute atomic E-state index is 0. The third kappa shape index (κ3) is 5.62. The number of carbonyl (C=O) groups excluding carboxylic acids is 1. The van der Waals surface area contributed by atoms with Gasteiger partial charge in [-0.05, 0) is 30.7 Å². The lowest BCUT2D eigenvalue weighted by atomic mass is 10.0. The Morgan fingerprint density at radius 2 is 2.09 bits per heavy atom. The van der Waals surface area contributed by atoms with Gasteiger partial charge in [-0.1, -0.05) is 30.1 Å². The van der Waals surface area contributed by atoms with E-state index in [-0.39, 0.29) is 30.3 Å². The highest BCUT2D eigenvalue weighted by atomic mass is 35.5. The molecule has 1 aromatic heterocycles. The Balaban J connectivity index is 0.00000264. The molecule has 2 rings (SSSR count). The van der Waals surface area contributed by atoms with Crippen molar-refractivity contribution in [3.63, 3.8) is 0 Å². The molecule has 2 unspecified atom stereocenters. The summed E-state index contributed by atoms with van der Waals surface area (Å²) in [4.78, 5) is 17.2. The average molecular weight is 395 g/mol. The van der Waals surface area contributed by atoms with Crippen LogP contribution in [-0.4, -0.2) is 16.9 Å². The summed E-state index contributed by atoms with van der Waals surface area (Å²) in [5, 5.41) is 4.65. The minimum atomic E-state index is -0.269. The number of nitrogens with zero attached hydrogens (tertiary/aromatic N) is 1. The van der Waals surface area contributed by atoms with Gasteiger partial charge < -0.3 is 11.1 Å². The van der Waals surface area contributed by atoms with E-state index in [1.54, 1.807) is 32.2 Å². The molecule has 1 amide bonds. The highest BCUT2D eigenvalue weighted by molar-refractivity contribution is 7.15. The van der Waals surface area contributed by atoms with Crippen molar-refractivity contribution in [2.75, 3.05) is 5.32 Å². The Morgan fingerprint density at radius 3 is 2.74 bits per heavy atom. The van der Waals surface area contributed by atoms with Gasteiger partial charge in [-0.15, -0.1) is 23.7 Å². The summed E-state index contributed by atoms with van der Waals surface area (Å²) in [7, 11) is 0. The summed E-state index contributed by atoms with van der Waals surface area (Å²) >= 11 is 13.6. The summed E-state index contributed by atoms with van der Waals surface area (Å²) < 4.78 is 0. The maximum Gasteiger partial charge on any atom is 0.230 e. The number of thiazole rings is 1. The number of nitrogens with two attached hydrogens (primary N) is 1. The second-order valence-corrected chi connectivity index (χ2v) is 7.14. The Morgan fingerprint density at radius 1 is 1.39 bits per heavy atom. The molecule has 0 saturated carbocycles. The number of nitrogens with one attached hydrogen (secondary N) is 1. The fourth-order valence-corrected chi connectivity index (χ4v) is 2.99. The van der Waals surface area contributed by atoms with Crippen LogP contribution in [0.1, 0.15) is 24.3 Å². The first-order valence-corrected chi connectivity index (χ1v) is 8.39. The number of anilines is 1. The van der Waals surface area contributed by atoms with Crippen molar-refractivity contribution in [1.29, 1.82) is 0 Å². The number of carbonyl (C=O) groups is 1. The summed E-state index contributed by atoms with van der Waals surface area (Å²) in [5.74, 6) is -0.397. The summed E-state index contributed by atoms with van der Waals surface area (Å²) in [5.41, 5.74) is 6.65. The molecule has 0 spiro atoms. The van der Waals surface area contributed by atoms with Crippen LogP contribution in [0.2, 0.25) is 10.0 Å². The molecule has 0 fully saturated rings. The highest BCUT2D eigenvalue weighted by Gasteiger charge is 2.18. The van der Waals surface area contributed by atoms with Crippen molar-refractivity contribution in [2.45, 2.75) is 26.3 Å². The maximum absolute atomic E-state index is 12.0. The number of hydrogen-bond acceptors (Lipinski definition) is 4. The molecule has 0 radical (unpaired) electrons. The van der Waals surface area contributed by atoms with Gasteiger partial charge in [0.2, 0.25) is 5.91 Å². The Hall–Kier alpha value is -0.850. The van der Waals surface area contributed by atoms with Crippen LogP contribution in [0.3, 0.4) is 0 Å². The van der Waals surface area contributed by atoms with E-state index in [4.69, 9.17) is 28.9 Å². The molecule has 0 saturated heterocycles. The van der Waals surface area contributed by atoms with Crippen molar-refractivity contribution < 1.29 is 4.79 Å². The number of hydrogen-bond donors (Lipinski definition) is 2. The number of halogens is 3. The molecule has 3 N–H and O–H groups in total. The highest BCUT2D eigenvalue weighted by Crippen LogP contribution is 2.27. The molecular formula is C15H18Cl3N3OS. The summed E-state index contributed by atoms with van der Waals surface area (Å²) in [6.45, 7) is 3.60. The van der Waals surface area contributed by atoms with Crippen LogP contribution in [0.15, 0.2) is 24.4 Å². The van der Waals surface area contributed by atoms with Crippen LogP contribution in [0.5, 0.6) is 0 Å². The predicted molar refractivity (Wildman–Crippen MR) is 100 cm³/mol. The van der Waals surface area contributed by atoms with Crippen molar-refractivity contribution in [2.24, 2.45) is 11.7 Å². The van der Waals surface area contributed by atoms with Crippen LogP contribution < -0.4 is 11.1 Å². The zero-order chi connectivity index (χ0) is 16.3. The lowest BCUT2D eigenvalue weighted by Crippen LogP contribution is -2.34. The van der Waals surface area contributed by atoms with Gasteiger partial charge in [0, 0.05) is 33.6 Å². The lowest BCUT2D eigenvalue weighted by molar-refractivity contribution is -0.119. The van der Waals surface area contributed by atoms with E-state index >= 15 is 0 Å². The second-order valence-electron chi connectivity index (χ2n) is 5.18. The Bertz CT molecular complexity index is 676. The zero-order valence-electron chi connectivity index (χ0n) is 12.7. The van der Waals surface area contributed by atoms with Crippen LogP contribution >= 0.6 is 46.9 Å². The fourth-order valence-electron chi connectivity index (χ4n) is 1.77. The molecule has 0 bridgehead atoms. The van der Waals surface area contributed by atoms with E-state index < -0.39 is 0 Å². The Kier molecular flexibility index (Phi) is 7.77. The van der Waals surface area contributed by atoms with E-state index in [0.29, 0.717) is 21.6 Å². The average Bonchev–Trinajstić information content (AvgIpc) is 2.89. The minimum Gasteiger partial charge on any atom is -0.327 e. The number of aromatic nitrogens is 1. The first-order chi connectivity index (χ1) is 10.4. The van der Waals surface area contributed by atoms with Crippen molar-refractivity contribution in [3.8, 4) is 0 Å². The quantitative estimate of drug-likeness (QED) is 0.790. The first kappa shape index (κ1) is 20.2. The van der Waals surface area contributed by atoms with Crippen molar-refractivity contribution >= 4 is 58.0 Å². The van der Waals surface area contributed by atoms with Gasteiger partial charge in [-0.2, -0.15) is 0 Å². The molecule has 2 atom stereocenters. The smallest absolute Gasteiger partial charge is 0.230 e. The van der Waals surface area contributed by atoms with Crippen LogP contribution in [0.4, 0.5) is 5.13 Å².